The van der Waals surface area contributed by atoms with Crippen molar-refractivity contribution in [1.29, 1.82) is 0 Å². The lowest BCUT2D eigenvalue weighted by molar-refractivity contribution is 0.976. The molecule has 0 radical (unpaired) electrons. The largest absolute Gasteiger partial charge is 0.384 e. The lowest BCUT2D eigenvalue weighted by atomic mass is 9.99. The molecule has 0 amide bonds. The third-order valence-electron chi connectivity index (χ3n) is 5.68. The number of nitrogens with two attached hydrogens (primary N) is 1. The molecule has 5 heteroatoms. The predicted octanol–water partition coefficient (Wildman–Crippen LogP) is 6.68. The van der Waals surface area contributed by atoms with Crippen LogP contribution in [-0.4, -0.2) is 14.5 Å². The molecule has 2 N–H and O–H groups in total. The van der Waals surface area contributed by atoms with E-state index in [0.29, 0.717) is 16.2 Å². The van der Waals surface area contributed by atoms with Crippen LogP contribution in [0.5, 0.6) is 0 Å². The van der Waals surface area contributed by atoms with Crippen molar-refractivity contribution in [2.24, 2.45) is 0 Å². The van der Waals surface area contributed by atoms with Gasteiger partial charge in [0.05, 0.1) is 16.8 Å². The first-order valence-corrected chi connectivity index (χ1v) is 10.9. The number of nitrogen functional groups attached to an aromatic ring is 1. The second-order valence-corrected chi connectivity index (χ2v) is 8.25. The van der Waals surface area contributed by atoms with E-state index >= 15 is 0 Å². The number of pyridine rings is 1. The van der Waals surface area contributed by atoms with Crippen LogP contribution in [-0.2, 0) is 0 Å². The van der Waals surface area contributed by atoms with E-state index in [2.05, 4.69) is 49.4 Å². The zero-order chi connectivity index (χ0) is 22.2. The molecule has 156 valence electrons. The Kier molecular flexibility index (Phi) is 5.04. The highest BCUT2D eigenvalue weighted by Gasteiger charge is 2.17. The normalized spacial score (nSPS) is 11.1. The van der Waals surface area contributed by atoms with Gasteiger partial charge in [-0.15, -0.1) is 0 Å². The average molecular weight is 435 g/mol. The number of aromatic nitrogens is 3. The molecule has 0 bridgehead atoms. The molecular formula is C27H22N4S. The Hall–Kier alpha value is -3.83. The highest BCUT2D eigenvalue weighted by Crippen LogP contribution is 2.35. The van der Waals surface area contributed by atoms with Crippen molar-refractivity contribution in [3.8, 4) is 28.1 Å². The lowest BCUT2D eigenvalue weighted by Crippen LogP contribution is -2.10. The van der Waals surface area contributed by atoms with Gasteiger partial charge in [-0.2, -0.15) is 4.98 Å². The number of aryl methyl sites for hydroxylation is 2. The minimum atomic E-state index is 0.386. The zero-order valence-electron chi connectivity index (χ0n) is 17.9. The number of rotatable bonds is 3. The van der Waals surface area contributed by atoms with Crippen molar-refractivity contribution in [2.75, 3.05) is 5.73 Å². The molecule has 0 atom stereocenters. The summed E-state index contributed by atoms with van der Waals surface area (Å²) in [7, 11) is 0. The molecule has 0 spiro atoms. The molecule has 0 saturated carbocycles. The van der Waals surface area contributed by atoms with E-state index in [0.717, 1.165) is 39.0 Å². The maximum Gasteiger partial charge on any atom is 0.207 e. The summed E-state index contributed by atoms with van der Waals surface area (Å²) >= 11 is 5.68. The Morgan fingerprint density at radius 2 is 1.47 bits per heavy atom. The van der Waals surface area contributed by atoms with Crippen LogP contribution < -0.4 is 5.73 Å². The highest BCUT2D eigenvalue weighted by atomic mass is 32.1. The third-order valence-corrected chi connectivity index (χ3v) is 5.95. The van der Waals surface area contributed by atoms with Gasteiger partial charge in [-0.3, -0.25) is 4.57 Å². The summed E-state index contributed by atoms with van der Waals surface area (Å²) in [4.78, 5) is 9.60. The summed E-state index contributed by atoms with van der Waals surface area (Å²) < 4.78 is 2.23. The number of anilines is 1. The summed E-state index contributed by atoms with van der Waals surface area (Å²) in [5.74, 6) is 0.538. The fraction of sp³-hybridized carbons (Fsp3) is 0.0741. The molecule has 2 heterocycles. The molecule has 4 nitrogen and oxygen atoms in total. The summed E-state index contributed by atoms with van der Waals surface area (Å²) in [5, 5.41) is 0.795. The van der Waals surface area contributed by atoms with E-state index in [1.54, 1.807) is 0 Å². The van der Waals surface area contributed by atoms with Crippen LogP contribution in [0.25, 0.3) is 39.1 Å². The quantitative estimate of drug-likeness (QED) is 0.322. The van der Waals surface area contributed by atoms with Gasteiger partial charge in [0.25, 0.3) is 0 Å². The van der Waals surface area contributed by atoms with Crippen molar-refractivity contribution in [3.05, 3.63) is 101 Å². The minimum Gasteiger partial charge on any atom is -0.384 e. The Labute approximate surface area is 192 Å². The Morgan fingerprint density at radius 3 is 2.19 bits per heavy atom. The third kappa shape index (κ3) is 3.47. The molecule has 0 aliphatic heterocycles. The second kappa shape index (κ2) is 8.02. The second-order valence-electron chi connectivity index (χ2n) is 7.89. The molecule has 5 rings (SSSR count). The first kappa shape index (κ1) is 20.1. The van der Waals surface area contributed by atoms with Gasteiger partial charge in [-0.05, 0) is 54.9 Å². The van der Waals surface area contributed by atoms with Crippen molar-refractivity contribution >= 4 is 29.1 Å². The number of para-hydroxylation sites is 1. The van der Waals surface area contributed by atoms with E-state index < -0.39 is 0 Å². The SMILES string of the molecule is Cc1ccc(-c2cc(-c3ccccc3)c3c(N)n(-c4ccccc4C)c(=S)nc3n2)cc1. The molecular weight excluding hydrogens is 412 g/mol. The van der Waals surface area contributed by atoms with Gasteiger partial charge >= 0.3 is 0 Å². The molecule has 32 heavy (non-hydrogen) atoms. The van der Waals surface area contributed by atoms with E-state index in [-0.39, 0.29) is 0 Å². The van der Waals surface area contributed by atoms with Gasteiger partial charge in [0.2, 0.25) is 4.77 Å². The van der Waals surface area contributed by atoms with Crippen LogP contribution in [0.15, 0.2) is 84.9 Å². The first-order chi connectivity index (χ1) is 15.5. The minimum absolute atomic E-state index is 0.386. The van der Waals surface area contributed by atoms with Crippen LogP contribution in [0, 0.1) is 18.6 Å². The number of hydrogen-bond donors (Lipinski definition) is 1. The van der Waals surface area contributed by atoms with E-state index in [1.807, 2.05) is 54.0 Å². The van der Waals surface area contributed by atoms with Gasteiger partial charge < -0.3 is 5.73 Å². The zero-order valence-corrected chi connectivity index (χ0v) is 18.7. The van der Waals surface area contributed by atoms with Crippen LogP contribution in [0.2, 0.25) is 0 Å². The first-order valence-electron chi connectivity index (χ1n) is 10.4. The number of hydrogen-bond acceptors (Lipinski definition) is 4. The number of fused-ring (bicyclic) bond motifs is 1. The van der Waals surface area contributed by atoms with Gasteiger partial charge in [0, 0.05) is 5.56 Å². The van der Waals surface area contributed by atoms with Gasteiger partial charge in [-0.1, -0.05) is 78.4 Å². The molecule has 3 aromatic carbocycles. The monoisotopic (exact) mass is 434 g/mol. The maximum atomic E-state index is 6.78. The Morgan fingerprint density at radius 1 is 0.781 bits per heavy atom. The molecule has 0 unspecified atom stereocenters. The highest BCUT2D eigenvalue weighted by molar-refractivity contribution is 7.71. The smallest absolute Gasteiger partial charge is 0.207 e. The van der Waals surface area contributed by atoms with Crippen molar-refractivity contribution in [1.82, 2.24) is 14.5 Å². The maximum absolute atomic E-state index is 6.78. The van der Waals surface area contributed by atoms with Crippen molar-refractivity contribution in [3.63, 3.8) is 0 Å². The molecule has 0 fully saturated rings. The van der Waals surface area contributed by atoms with Gasteiger partial charge in [0.15, 0.2) is 5.65 Å². The summed E-state index contributed by atoms with van der Waals surface area (Å²) in [6.07, 6.45) is 0. The van der Waals surface area contributed by atoms with Crippen molar-refractivity contribution < 1.29 is 0 Å². The summed E-state index contributed by atoms with van der Waals surface area (Å²) in [5.41, 5.74) is 14.4. The fourth-order valence-electron chi connectivity index (χ4n) is 3.99. The number of nitrogens with zero attached hydrogens (tertiary/aromatic N) is 3. The van der Waals surface area contributed by atoms with Crippen molar-refractivity contribution in [2.45, 2.75) is 13.8 Å². The molecule has 0 aliphatic carbocycles. The van der Waals surface area contributed by atoms with E-state index in [9.17, 15) is 0 Å². The Bertz CT molecular complexity index is 1500. The van der Waals surface area contributed by atoms with Crippen LogP contribution in [0.4, 0.5) is 5.82 Å². The standard InChI is InChI=1S/C27H22N4S/c1-17-12-14-20(15-13-17)22-16-21(19-9-4-3-5-10-19)24-25(28)31(27(32)30-26(24)29-22)23-11-7-6-8-18(23)2/h3-16H,28H2,1-2H3. The van der Waals surface area contributed by atoms with Crippen LogP contribution in [0.1, 0.15) is 11.1 Å². The average Bonchev–Trinajstić information content (AvgIpc) is 2.80. The van der Waals surface area contributed by atoms with Crippen LogP contribution >= 0.6 is 12.2 Å². The van der Waals surface area contributed by atoms with Crippen LogP contribution in [0.3, 0.4) is 0 Å². The molecule has 0 saturated heterocycles. The molecule has 2 aromatic heterocycles. The van der Waals surface area contributed by atoms with Gasteiger partial charge in [0.1, 0.15) is 5.82 Å². The van der Waals surface area contributed by atoms with Gasteiger partial charge in [-0.25, -0.2) is 4.98 Å². The van der Waals surface area contributed by atoms with E-state index in [1.165, 1.54) is 5.56 Å². The topological polar surface area (TPSA) is 56.7 Å². The summed E-state index contributed by atoms with van der Waals surface area (Å²) in [6.45, 7) is 4.11. The summed E-state index contributed by atoms with van der Waals surface area (Å²) in [6, 6.07) is 28.6. The number of benzene rings is 3. The Balaban J connectivity index is 1.87. The molecule has 0 aliphatic rings. The van der Waals surface area contributed by atoms with E-state index in [4.69, 9.17) is 27.9 Å². The fourth-order valence-corrected chi connectivity index (χ4v) is 4.27. The predicted molar refractivity (Wildman–Crippen MR) is 134 cm³/mol. The molecule has 5 aromatic rings. The lowest BCUT2D eigenvalue weighted by Gasteiger charge is -2.17.